The van der Waals surface area contributed by atoms with E-state index in [2.05, 4.69) is 20.6 Å². The second-order valence-electron chi connectivity index (χ2n) is 8.51. The summed E-state index contributed by atoms with van der Waals surface area (Å²) in [5.41, 5.74) is 3.58. The van der Waals surface area contributed by atoms with Crippen molar-refractivity contribution in [3.63, 3.8) is 0 Å². The number of hydrogen-bond acceptors (Lipinski definition) is 9. The minimum absolute atomic E-state index is 0.104. The lowest BCUT2D eigenvalue weighted by Gasteiger charge is -2.15. The molecule has 1 saturated carbocycles. The van der Waals surface area contributed by atoms with Gasteiger partial charge in [-0.15, -0.1) is 11.3 Å². The van der Waals surface area contributed by atoms with Crippen molar-refractivity contribution in [3.05, 3.63) is 73.3 Å². The third-order valence-corrected chi connectivity index (χ3v) is 8.27. The molecule has 11 heteroatoms. The summed E-state index contributed by atoms with van der Waals surface area (Å²) in [6, 6.07) is 7.83. The third kappa shape index (κ3) is 4.97. The summed E-state index contributed by atoms with van der Waals surface area (Å²) in [6.45, 7) is 1.35. The molecule has 0 bridgehead atoms. The van der Waals surface area contributed by atoms with Crippen LogP contribution in [0.15, 0.2) is 36.8 Å². The largest absolute Gasteiger partial charge is 0.367 e. The van der Waals surface area contributed by atoms with Crippen molar-refractivity contribution in [2.75, 3.05) is 11.9 Å². The van der Waals surface area contributed by atoms with Crippen molar-refractivity contribution >= 4 is 58.4 Å². The molecule has 0 amide bonds. The molecule has 178 valence electrons. The molecule has 7 nitrogen and oxygen atoms in total. The molecule has 1 aliphatic carbocycles. The predicted molar refractivity (Wildman–Crippen MR) is 137 cm³/mol. The number of ketones is 1. The molecule has 3 heterocycles. The minimum atomic E-state index is -0.150. The zero-order chi connectivity index (χ0) is 23.7. The topological polar surface area (TPSA) is 102 Å². The van der Waals surface area contributed by atoms with Gasteiger partial charge < -0.3 is 14.8 Å². The number of nitrogens with one attached hydrogen (secondary N) is 2. The van der Waals surface area contributed by atoms with Gasteiger partial charge in [-0.3, -0.25) is 9.93 Å². The summed E-state index contributed by atoms with van der Waals surface area (Å²) < 4.78 is 5.86. The first kappa shape index (κ1) is 24.0. The fourth-order valence-corrected chi connectivity index (χ4v) is 6.46. The molecule has 3 atom stereocenters. The summed E-state index contributed by atoms with van der Waals surface area (Å²) in [6.07, 6.45) is 5.97. The van der Waals surface area contributed by atoms with Gasteiger partial charge >= 0.3 is 0 Å². The molecule has 0 radical (unpaired) electrons. The minimum Gasteiger partial charge on any atom is -0.367 e. The Labute approximate surface area is 216 Å². The summed E-state index contributed by atoms with van der Waals surface area (Å²) in [5, 5.41) is 13.0. The van der Waals surface area contributed by atoms with Crippen molar-refractivity contribution in [3.8, 4) is 0 Å². The Morgan fingerprint density at radius 3 is 3.03 bits per heavy atom. The standard InChI is InChI=1S/C23H23Cl2N5O2S2/c24-14-3-2-13-8-28-20(16(13)6-14)17-7-19(33-22(17)25)21(31)18-9-27-11-29-23(18)30-15-4-1-12(5-15)10-32-34-26/h2-3,6-7,9,11-12,15,20,28H,1,4-5,8,10,26H2,(H,27,29,30). The first-order chi connectivity index (χ1) is 16.5. The number of hydrogen-bond donors (Lipinski definition) is 3. The highest BCUT2D eigenvalue weighted by molar-refractivity contribution is 7.92. The fourth-order valence-electron chi connectivity index (χ4n) is 4.72. The van der Waals surface area contributed by atoms with Crippen LogP contribution >= 0.6 is 46.8 Å². The van der Waals surface area contributed by atoms with Crippen molar-refractivity contribution in [1.82, 2.24) is 15.3 Å². The van der Waals surface area contributed by atoms with Gasteiger partial charge in [-0.1, -0.05) is 29.3 Å². The van der Waals surface area contributed by atoms with Crippen LogP contribution in [0.4, 0.5) is 5.82 Å². The maximum atomic E-state index is 13.5. The first-order valence-corrected chi connectivity index (χ1v) is 13.3. The average Bonchev–Trinajstić information content (AvgIpc) is 3.56. The predicted octanol–water partition coefficient (Wildman–Crippen LogP) is 5.39. The molecule has 0 saturated heterocycles. The van der Waals surface area contributed by atoms with E-state index < -0.39 is 0 Å². The molecular weight excluding hydrogens is 513 g/mol. The molecule has 0 spiro atoms. The number of carbonyl (C=O) groups excluding carboxylic acids is 1. The Morgan fingerprint density at radius 1 is 1.29 bits per heavy atom. The summed E-state index contributed by atoms with van der Waals surface area (Å²) >= 11 is 15.0. The SMILES string of the molecule is NSOCC1CCC(Nc2ncncc2C(=O)c2cc(C3NCc4ccc(Cl)cc43)c(Cl)s2)C1. The van der Waals surface area contributed by atoms with E-state index in [1.165, 1.54) is 23.2 Å². The Balaban J connectivity index is 1.35. The van der Waals surface area contributed by atoms with Gasteiger partial charge in [-0.2, -0.15) is 0 Å². The number of rotatable bonds is 8. The van der Waals surface area contributed by atoms with Crippen LogP contribution in [0.3, 0.4) is 0 Å². The van der Waals surface area contributed by atoms with Crippen LogP contribution in [0.25, 0.3) is 0 Å². The van der Waals surface area contributed by atoms with Crippen molar-refractivity contribution < 1.29 is 8.98 Å². The quantitative estimate of drug-likeness (QED) is 0.200. The molecule has 3 aromatic rings. The maximum Gasteiger partial charge on any atom is 0.208 e. The van der Waals surface area contributed by atoms with Gasteiger partial charge in [-0.05, 0) is 54.5 Å². The Morgan fingerprint density at radius 2 is 2.18 bits per heavy atom. The lowest BCUT2D eigenvalue weighted by molar-refractivity contribution is 0.104. The third-order valence-electron chi connectivity index (χ3n) is 6.37. The van der Waals surface area contributed by atoms with Gasteiger partial charge in [0.05, 0.1) is 39.7 Å². The molecule has 4 N–H and O–H groups in total. The van der Waals surface area contributed by atoms with E-state index in [1.807, 2.05) is 24.3 Å². The molecule has 2 aliphatic rings. The smallest absolute Gasteiger partial charge is 0.208 e. The monoisotopic (exact) mass is 535 g/mol. The molecule has 5 rings (SSSR count). The van der Waals surface area contributed by atoms with Gasteiger partial charge in [0.15, 0.2) is 0 Å². The van der Waals surface area contributed by atoms with Crippen LogP contribution in [0.5, 0.6) is 0 Å². The van der Waals surface area contributed by atoms with Crippen LogP contribution in [0.1, 0.15) is 57.2 Å². The van der Waals surface area contributed by atoms with Gasteiger partial charge in [0, 0.05) is 29.4 Å². The lowest BCUT2D eigenvalue weighted by Crippen LogP contribution is -2.20. The maximum absolute atomic E-state index is 13.5. The number of thiophene rings is 1. The van der Waals surface area contributed by atoms with Crippen molar-refractivity contribution in [2.24, 2.45) is 11.1 Å². The van der Waals surface area contributed by atoms with Crippen LogP contribution in [0.2, 0.25) is 9.36 Å². The van der Waals surface area contributed by atoms with E-state index in [0.29, 0.717) is 38.1 Å². The Kier molecular flexibility index (Phi) is 7.41. The Bertz CT molecular complexity index is 1210. The van der Waals surface area contributed by atoms with E-state index in [9.17, 15) is 4.79 Å². The van der Waals surface area contributed by atoms with Crippen LogP contribution in [0, 0.1) is 5.92 Å². The summed E-state index contributed by atoms with van der Waals surface area (Å²) in [7, 11) is 0. The van der Waals surface area contributed by atoms with Crippen molar-refractivity contribution in [2.45, 2.75) is 37.9 Å². The average molecular weight is 537 g/mol. The second kappa shape index (κ2) is 10.5. The summed E-state index contributed by atoms with van der Waals surface area (Å²) in [4.78, 5) is 22.5. The highest BCUT2D eigenvalue weighted by Crippen LogP contribution is 2.40. The fraction of sp³-hybridized carbons (Fsp3) is 0.348. The van der Waals surface area contributed by atoms with E-state index >= 15 is 0 Å². The van der Waals surface area contributed by atoms with Gasteiger partial charge in [0.1, 0.15) is 12.1 Å². The highest BCUT2D eigenvalue weighted by atomic mass is 35.5. The van der Waals surface area contributed by atoms with E-state index in [1.54, 1.807) is 6.20 Å². The van der Waals surface area contributed by atoms with E-state index in [-0.39, 0.29) is 17.9 Å². The normalized spacial score (nSPS) is 21.6. The second-order valence-corrected chi connectivity index (χ2v) is 11.0. The molecule has 1 aliphatic heterocycles. The number of nitrogens with two attached hydrogens (primary N) is 1. The highest BCUT2D eigenvalue weighted by Gasteiger charge is 2.30. The number of aromatic nitrogens is 2. The van der Waals surface area contributed by atoms with Gasteiger partial charge in [0.25, 0.3) is 0 Å². The number of anilines is 1. The van der Waals surface area contributed by atoms with Crippen molar-refractivity contribution in [1.29, 1.82) is 0 Å². The molecule has 2 aromatic heterocycles. The molecule has 1 aromatic carbocycles. The van der Waals surface area contributed by atoms with Crippen LogP contribution < -0.4 is 15.8 Å². The number of fused-ring (bicyclic) bond motifs is 1. The van der Waals surface area contributed by atoms with Gasteiger partial charge in [0.2, 0.25) is 5.78 Å². The van der Waals surface area contributed by atoms with E-state index in [0.717, 1.165) is 49.2 Å². The van der Waals surface area contributed by atoms with Crippen LogP contribution in [-0.4, -0.2) is 28.4 Å². The lowest BCUT2D eigenvalue weighted by atomic mass is 10.00. The first-order valence-electron chi connectivity index (χ1n) is 10.9. The molecular formula is C23H23Cl2N5O2S2. The molecule has 34 heavy (non-hydrogen) atoms. The summed E-state index contributed by atoms with van der Waals surface area (Å²) in [5.74, 6) is 0.827. The zero-order valence-corrected chi connectivity index (χ0v) is 21.2. The van der Waals surface area contributed by atoms with E-state index in [4.69, 9.17) is 32.5 Å². The Hall–Kier alpha value is -1.72. The number of halogens is 2. The molecule has 1 fully saturated rings. The zero-order valence-electron chi connectivity index (χ0n) is 18.1. The number of carbonyl (C=O) groups is 1. The number of nitrogens with zero attached hydrogens (tertiary/aromatic N) is 2. The number of benzene rings is 1. The van der Waals surface area contributed by atoms with Gasteiger partial charge in [-0.25, -0.2) is 9.97 Å². The van der Waals surface area contributed by atoms with Crippen LogP contribution in [-0.2, 0) is 10.7 Å². The molecule has 3 unspecified atom stereocenters.